The molecule has 1 fully saturated rings. The van der Waals surface area contributed by atoms with E-state index in [2.05, 4.69) is 37.4 Å². The molecule has 2 nitrogen and oxygen atoms in total. The largest absolute Gasteiger partial charge is 1.00 e. The maximum absolute atomic E-state index is 6.12. The number of para-hydroxylation sites is 1. The SMILES string of the molecule is C[NH+]1CCCC1CCOc1ccccc1CCc1cccc(Cl)c1.[Cl-]. The minimum atomic E-state index is 0. The Labute approximate surface area is 162 Å². The number of likely N-dealkylation sites (tertiary alicyclic amines) is 1. The zero-order valence-electron chi connectivity index (χ0n) is 14.8. The molecule has 2 unspecified atom stereocenters. The average Bonchev–Trinajstić information content (AvgIpc) is 2.99. The van der Waals surface area contributed by atoms with Crippen molar-refractivity contribution in [3.63, 3.8) is 0 Å². The average molecular weight is 380 g/mol. The van der Waals surface area contributed by atoms with E-state index >= 15 is 0 Å². The summed E-state index contributed by atoms with van der Waals surface area (Å²) in [6.45, 7) is 2.12. The zero-order chi connectivity index (χ0) is 16.8. The van der Waals surface area contributed by atoms with Gasteiger partial charge in [-0.25, -0.2) is 0 Å². The number of benzene rings is 2. The van der Waals surface area contributed by atoms with E-state index in [0.29, 0.717) is 0 Å². The van der Waals surface area contributed by atoms with Gasteiger partial charge < -0.3 is 22.0 Å². The van der Waals surface area contributed by atoms with Gasteiger partial charge in [-0.3, -0.25) is 0 Å². The lowest BCUT2D eigenvalue weighted by Gasteiger charge is -2.17. The summed E-state index contributed by atoms with van der Waals surface area (Å²) in [6.07, 6.45) is 5.80. The number of nitrogens with one attached hydrogen (secondary N) is 1. The van der Waals surface area contributed by atoms with E-state index in [1.807, 2.05) is 18.2 Å². The first-order chi connectivity index (χ1) is 11.7. The molecule has 1 N–H and O–H groups in total. The summed E-state index contributed by atoms with van der Waals surface area (Å²) >= 11 is 6.07. The minimum Gasteiger partial charge on any atom is -1.00 e. The molecule has 1 aliphatic heterocycles. The molecule has 0 radical (unpaired) electrons. The van der Waals surface area contributed by atoms with Gasteiger partial charge in [-0.15, -0.1) is 0 Å². The maximum atomic E-state index is 6.12. The number of hydrogen-bond donors (Lipinski definition) is 1. The van der Waals surface area contributed by atoms with Crippen molar-refractivity contribution in [1.29, 1.82) is 0 Å². The second-order valence-electron chi connectivity index (χ2n) is 6.81. The summed E-state index contributed by atoms with van der Waals surface area (Å²) in [6, 6.07) is 17.3. The van der Waals surface area contributed by atoms with Gasteiger partial charge in [0.15, 0.2) is 0 Å². The third kappa shape index (κ3) is 5.91. The summed E-state index contributed by atoms with van der Waals surface area (Å²) in [5, 5.41) is 0.806. The smallest absolute Gasteiger partial charge is 0.122 e. The molecule has 3 rings (SSSR count). The lowest BCUT2D eigenvalue weighted by atomic mass is 10.0. The molecule has 0 bridgehead atoms. The molecule has 1 saturated heterocycles. The van der Waals surface area contributed by atoms with Crippen molar-refractivity contribution in [3.05, 3.63) is 64.7 Å². The summed E-state index contributed by atoms with van der Waals surface area (Å²) in [5.74, 6) is 1.04. The second-order valence-corrected chi connectivity index (χ2v) is 7.25. The fraction of sp³-hybridized carbons (Fsp3) is 0.429. The predicted molar refractivity (Wildman–Crippen MR) is 100 cm³/mol. The lowest BCUT2D eigenvalue weighted by molar-refractivity contribution is -0.892. The number of ether oxygens (including phenoxy) is 1. The number of halogens is 2. The van der Waals surface area contributed by atoms with Crippen molar-refractivity contribution in [2.24, 2.45) is 0 Å². The van der Waals surface area contributed by atoms with Crippen molar-refractivity contribution < 1.29 is 22.0 Å². The fourth-order valence-electron chi connectivity index (χ4n) is 3.60. The van der Waals surface area contributed by atoms with Gasteiger partial charge in [0, 0.05) is 24.3 Å². The molecule has 0 spiro atoms. The Bertz CT molecular complexity index is 662. The van der Waals surface area contributed by atoms with Crippen LogP contribution in [0.3, 0.4) is 0 Å². The van der Waals surface area contributed by atoms with E-state index in [1.165, 1.54) is 30.5 Å². The third-order valence-corrected chi connectivity index (χ3v) is 5.32. The number of quaternary nitrogens is 1. The molecule has 0 aromatic heterocycles. The first-order valence-electron chi connectivity index (χ1n) is 9.00. The Balaban J connectivity index is 0.00000225. The van der Waals surface area contributed by atoms with Crippen LogP contribution in [0.1, 0.15) is 30.4 Å². The van der Waals surface area contributed by atoms with E-state index in [9.17, 15) is 0 Å². The molecule has 0 aliphatic carbocycles. The van der Waals surface area contributed by atoms with Crippen LogP contribution in [-0.2, 0) is 12.8 Å². The number of rotatable bonds is 7. The van der Waals surface area contributed by atoms with Gasteiger partial charge in [-0.1, -0.05) is 41.9 Å². The molecule has 2 aromatic rings. The maximum Gasteiger partial charge on any atom is 0.122 e. The first kappa shape index (κ1) is 20.1. The van der Waals surface area contributed by atoms with Gasteiger partial charge in [0.2, 0.25) is 0 Å². The Morgan fingerprint density at radius 2 is 1.96 bits per heavy atom. The van der Waals surface area contributed by atoms with Crippen LogP contribution < -0.4 is 22.0 Å². The van der Waals surface area contributed by atoms with E-state index < -0.39 is 0 Å². The van der Waals surface area contributed by atoms with Crippen LogP contribution in [0.5, 0.6) is 5.75 Å². The molecule has 1 heterocycles. The summed E-state index contributed by atoms with van der Waals surface area (Å²) in [7, 11) is 2.30. The van der Waals surface area contributed by atoms with E-state index in [0.717, 1.165) is 42.7 Å². The van der Waals surface area contributed by atoms with Crippen LogP contribution in [0.2, 0.25) is 5.02 Å². The second kappa shape index (κ2) is 10.1. The minimum absolute atomic E-state index is 0. The van der Waals surface area contributed by atoms with Crippen LogP contribution in [0, 0.1) is 0 Å². The zero-order valence-corrected chi connectivity index (χ0v) is 16.3. The van der Waals surface area contributed by atoms with Crippen molar-refractivity contribution >= 4 is 11.6 Å². The molecular weight excluding hydrogens is 353 g/mol. The Morgan fingerprint density at radius 3 is 2.72 bits per heavy atom. The van der Waals surface area contributed by atoms with Gasteiger partial charge in [-0.05, 0) is 42.2 Å². The highest BCUT2D eigenvalue weighted by atomic mass is 35.5. The highest BCUT2D eigenvalue weighted by Gasteiger charge is 2.24. The van der Waals surface area contributed by atoms with Crippen LogP contribution >= 0.6 is 11.6 Å². The van der Waals surface area contributed by atoms with Gasteiger partial charge in [0.05, 0.1) is 26.2 Å². The monoisotopic (exact) mass is 379 g/mol. The topological polar surface area (TPSA) is 13.7 Å². The molecule has 0 saturated carbocycles. The van der Waals surface area contributed by atoms with Crippen molar-refractivity contribution in [1.82, 2.24) is 0 Å². The standard InChI is InChI=1S/C21H26ClNO.ClH/c1-23-14-5-9-20(23)13-15-24-21-10-3-2-7-18(21)12-11-17-6-4-8-19(22)16-17;/h2-4,6-8,10,16,20H,5,9,11-15H2,1H3;1H. The van der Waals surface area contributed by atoms with Crippen LogP contribution in [-0.4, -0.2) is 26.2 Å². The predicted octanol–water partition coefficient (Wildman–Crippen LogP) is 0.575. The highest BCUT2D eigenvalue weighted by Crippen LogP contribution is 2.21. The summed E-state index contributed by atoms with van der Waals surface area (Å²) in [4.78, 5) is 1.66. The van der Waals surface area contributed by atoms with Crippen molar-refractivity contribution in [2.75, 3.05) is 20.2 Å². The van der Waals surface area contributed by atoms with E-state index in [1.54, 1.807) is 4.90 Å². The summed E-state index contributed by atoms with van der Waals surface area (Å²) < 4.78 is 6.12. The van der Waals surface area contributed by atoms with E-state index in [4.69, 9.17) is 16.3 Å². The highest BCUT2D eigenvalue weighted by molar-refractivity contribution is 6.30. The van der Waals surface area contributed by atoms with Crippen LogP contribution in [0.25, 0.3) is 0 Å². The fourth-order valence-corrected chi connectivity index (χ4v) is 3.82. The Morgan fingerprint density at radius 1 is 1.12 bits per heavy atom. The van der Waals surface area contributed by atoms with Gasteiger partial charge in [-0.2, -0.15) is 0 Å². The molecule has 0 amide bonds. The Hall–Kier alpha value is -1.22. The van der Waals surface area contributed by atoms with Gasteiger partial charge in [0.1, 0.15) is 5.75 Å². The molecule has 2 atom stereocenters. The van der Waals surface area contributed by atoms with Crippen LogP contribution in [0.15, 0.2) is 48.5 Å². The Kier molecular flexibility index (Phi) is 8.08. The van der Waals surface area contributed by atoms with Crippen LogP contribution in [0.4, 0.5) is 0 Å². The normalized spacial score (nSPS) is 19.4. The lowest BCUT2D eigenvalue weighted by Crippen LogP contribution is -3.10. The quantitative estimate of drug-likeness (QED) is 0.742. The summed E-state index contributed by atoms with van der Waals surface area (Å²) in [5.41, 5.74) is 2.55. The van der Waals surface area contributed by atoms with Crippen molar-refractivity contribution in [2.45, 2.75) is 38.1 Å². The molecule has 2 aromatic carbocycles. The van der Waals surface area contributed by atoms with Gasteiger partial charge in [0.25, 0.3) is 0 Å². The van der Waals surface area contributed by atoms with Gasteiger partial charge >= 0.3 is 0 Å². The molecule has 25 heavy (non-hydrogen) atoms. The third-order valence-electron chi connectivity index (χ3n) is 5.09. The molecule has 136 valence electrons. The molecule has 4 heteroatoms. The first-order valence-corrected chi connectivity index (χ1v) is 9.37. The van der Waals surface area contributed by atoms with E-state index in [-0.39, 0.29) is 12.4 Å². The molecule has 1 aliphatic rings. The van der Waals surface area contributed by atoms with Crippen molar-refractivity contribution in [3.8, 4) is 5.75 Å². The number of hydrogen-bond acceptors (Lipinski definition) is 1. The molecular formula is C21H27Cl2NO. The number of aryl methyl sites for hydroxylation is 2.